The van der Waals surface area contributed by atoms with Gasteiger partial charge < -0.3 is 15.2 Å². The van der Waals surface area contributed by atoms with E-state index in [0.29, 0.717) is 18.6 Å². The molecule has 22 heavy (non-hydrogen) atoms. The topological polar surface area (TPSA) is 65.7 Å². The number of guanidine groups is 1. The Kier molecular flexibility index (Phi) is 11.3. The SMILES string of the molecule is CCNC(=NCc1ccon1)NCCN(C(C)C)C(C)C.I. The van der Waals surface area contributed by atoms with Gasteiger partial charge in [-0.15, -0.1) is 24.0 Å². The second kappa shape index (κ2) is 11.7. The van der Waals surface area contributed by atoms with Crippen molar-refractivity contribution in [3.8, 4) is 0 Å². The van der Waals surface area contributed by atoms with E-state index in [1.165, 1.54) is 0 Å². The van der Waals surface area contributed by atoms with E-state index in [-0.39, 0.29) is 24.0 Å². The van der Waals surface area contributed by atoms with Crippen LogP contribution in [0, 0.1) is 0 Å². The molecule has 1 aromatic heterocycles. The number of nitrogens with zero attached hydrogens (tertiary/aromatic N) is 3. The van der Waals surface area contributed by atoms with E-state index in [1.54, 1.807) is 6.26 Å². The van der Waals surface area contributed by atoms with E-state index in [4.69, 9.17) is 4.52 Å². The van der Waals surface area contributed by atoms with Crippen LogP contribution in [0.3, 0.4) is 0 Å². The van der Waals surface area contributed by atoms with E-state index in [1.807, 2.05) is 6.07 Å². The summed E-state index contributed by atoms with van der Waals surface area (Å²) < 4.78 is 4.81. The van der Waals surface area contributed by atoms with Gasteiger partial charge in [-0.05, 0) is 34.6 Å². The minimum Gasteiger partial charge on any atom is -0.364 e. The van der Waals surface area contributed by atoms with Gasteiger partial charge in [0.2, 0.25) is 0 Å². The molecule has 0 saturated heterocycles. The van der Waals surface area contributed by atoms with Gasteiger partial charge in [0, 0.05) is 37.8 Å². The molecule has 0 aromatic carbocycles. The molecule has 0 radical (unpaired) electrons. The summed E-state index contributed by atoms with van der Waals surface area (Å²) in [6.45, 7) is 14.2. The number of nitrogens with one attached hydrogen (secondary N) is 2. The molecule has 0 aliphatic carbocycles. The number of aliphatic imine (C=N–C) groups is 1. The van der Waals surface area contributed by atoms with Gasteiger partial charge in [-0.25, -0.2) is 4.99 Å². The Morgan fingerprint density at radius 3 is 2.45 bits per heavy atom. The van der Waals surface area contributed by atoms with E-state index in [0.717, 1.165) is 31.3 Å². The Labute approximate surface area is 151 Å². The maximum Gasteiger partial charge on any atom is 0.191 e. The molecule has 7 heteroatoms. The average molecular weight is 423 g/mol. The largest absolute Gasteiger partial charge is 0.364 e. The predicted octanol–water partition coefficient (Wildman–Crippen LogP) is 2.47. The molecule has 0 unspecified atom stereocenters. The van der Waals surface area contributed by atoms with E-state index in [9.17, 15) is 0 Å². The third-order valence-electron chi connectivity index (χ3n) is 3.22. The highest BCUT2D eigenvalue weighted by atomic mass is 127. The Bertz CT molecular complexity index is 398. The smallest absolute Gasteiger partial charge is 0.191 e. The highest BCUT2D eigenvalue weighted by Gasteiger charge is 2.12. The number of aromatic nitrogens is 1. The summed E-state index contributed by atoms with van der Waals surface area (Å²) in [4.78, 5) is 6.95. The first kappa shape index (κ1) is 21.2. The zero-order chi connectivity index (χ0) is 15.7. The van der Waals surface area contributed by atoms with Crippen LogP contribution in [0.5, 0.6) is 0 Å². The summed E-state index contributed by atoms with van der Waals surface area (Å²) in [5.41, 5.74) is 0.832. The number of hydrogen-bond donors (Lipinski definition) is 2. The van der Waals surface area contributed by atoms with Gasteiger partial charge in [-0.2, -0.15) is 0 Å². The molecule has 0 atom stereocenters. The molecule has 2 N–H and O–H groups in total. The van der Waals surface area contributed by atoms with Gasteiger partial charge in [0.1, 0.15) is 12.0 Å². The maximum absolute atomic E-state index is 4.81. The van der Waals surface area contributed by atoms with Crippen LogP contribution in [0.15, 0.2) is 21.8 Å². The minimum atomic E-state index is 0. The van der Waals surface area contributed by atoms with E-state index in [2.05, 4.69) is 60.3 Å². The lowest BCUT2D eigenvalue weighted by molar-refractivity contribution is 0.178. The lowest BCUT2D eigenvalue weighted by Gasteiger charge is -2.30. The summed E-state index contributed by atoms with van der Waals surface area (Å²) in [5, 5.41) is 10.5. The van der Waals surface area contributed by atoms with Crippen LogP contribution in [0.2, 0.25) is 0 Å². The van der Waals surface area contributed by atoms with E-state index >= 15 is 0 Å². The number of halogens is 1. The molecular weight excluding hydrogens is 393 g/mol. The van der Waals surface area contributed by atoms with Gasteiger partial charge in [0.15, 0.2) is 5.96 Å². The summed E-state index contributed by atoms with van der Waals surface area (Å²) in [6, 6.07) is 2.91. The molecule has 1 heterocycles. The number of rotatable bonds is 8. The summed E-state index contributed by atoms with van der Waals surface area (Å²) >= 11 is 0. The highest BCUT2D eigenvalue weighted by Crippen LogP contribution is 2.03. The third-order valence-corrected chi connectivity index (χ3v) is 3.22. The van der Waals surface area contributed by atoms with Crippen LogP contribution in [0.25, 0.3) is 0 Å². The van der Waals surface area contributed by atoms with Gasteiger partial charge in [-0.1, -0.05) is 5.16 Å². The summed E-state index contributed by atoms with van der Waals surface area (Å²) in [7, 11) is 0. The van der Waals surface area contributed by atoms with Crippen LogP contribution in [0.1, 0.15) is 40.3 Å². The lowest BCUT2D eigenvalue weighted by atomic mass is 10.2. The first-order chi connectivity index (χ1) is 10.0. The van der Waals surface area contributed by atoms with Crippen molar-refractivity contribution in [3.63, 3.8) is 0 Å². The third kappa shape index (κ3) is 7.98. The first-order valence-corrected chi connectivity index (χ1v) is 7.71. The zero-order valence-electron chi connectivity index (χ0n) is 14.3. The Morgan fingerprint density at radius 2 is 1.95 bits per heavy atom. The average Bonchev–Trinajstić information content (AvgIpc) is 2.93. The van der Waals surface area contributed by atoms with Crippen LogP contribution < -0.4 is 10.6 Å². The second-order valence-corrected chi connectivity index (χ2v) is 5.54. The molecule has 0 aliphatic rings. The molecule has 0 fully saturated rings. The van der Waals surface area contributed by atoms with Crippen LogP contribution in [-0.2, 0) is 6.54 Å². The van der Waals surface area contributed by atoms with Crippen LogP contribution >= 0.6 is 24.0 Å². The lowest BCUT2D eigenvalue weighted by Crippen LogP contribution is -2.45. The fraction of sp³-hybridized carbons (Fsp3) is 0.733. The van der Waals surface area contributed by atoms with Crippen molar-refractivity contribution in [3.05, 3.63) is 18.0 Å². The maximum atomic E-state index is 4.81. The standard InChI is InChI=1S/C15H29N5O.HI/c1-6-16-15(18-11-14-7-10-21-19-14)17-8-9-20(12(2)3)13(4)5;/h7,10,12-13H,6,8-9,11H2,1-5H3,(H2,16,17,18);1H. The molecule has 128 valence electrons. The van der Waals surface area contributed by atoms with Crippen molar-refractivity contribution < 1.29 is 4.52 Å². The Hall–Kier alpha value is -0.830. The summed E-state index contributed by atoms with van der Waals surface area (Å²) in [5.74, 6) is 0.813. The van der Waals surface area contributed by atoms with Crippen molar-refractivity contribution >= 4 is 29.9 Å². The number of hydrogen-bond acceptors (Lipinski definition) is 4. The predicted molar refractivity (Wildman–Crippen MR) is 102 cm³/mol. The first-order valence-electron chi connectivity index (χ1n) is 7.71. The molecule has 1 rings (SSSR count). The Morgan fingerprint density at radius 1 is 1.27 bits per heavy atom. The fourth-order valence-corrected chi connectivity index (χ4v) is 2.24. The fourth-order valence-electron chi connectivity index (χ4n) is 2.24. The summed E-state index contributed by atoms with van der Waals surface area (Å²) in [6.07, 6.45) is 1.56. The van der Waals surface area contributed by atoms with Crippen molar-refractivity contribution in [1.29, 1.82) is 0 Å². The molecule has 0 saturated carbocycles. The molecule has 0 aliphatic heterocycles. The quantitative estimate of drug-likeness (QED) is 0.382. The van der Waals surface area contributed by atoms with Crippen molar-refractivity contribution in [2.75, 3.05) is 19.6 Å². The molecular formula is C15H30IN5O. The molecule has 0 spiro atoms. The molecule has 6 nitrogen and oxygen atoms in total. The van der Waals surface area contributed by atoms with E-state index < -0.39 is 0 Å². The van der Waals surface area contributed by atoms with Gasteiger partial charge in [-0.3, -0.25) is 4.90 Å². The second-order valence-electron chi connectivity index (χ2n) is 5.54. The monoisotopic (exact) mass is 423 g/mol. The Balaban J connectivity index is 0.00000441. The molecule has 0 amide bonds. The van der Waals surface area contributed by atoms with Gasteiger partial charge in [0.25, 0.3) is 0 Å². The van der Waals surface area contributed by atoms with Gasteiger partial charge in [0.05, 0.1) is 6.54 Å². The molecule has 1 aromatic rings. The molecule has 0 bridgehead atoms. The van der Waals surface area contributed by atoms with Crippen molar-refractivity contribution in [2.45, 2.75) is 53.2 Å². The van der Waals surface area contributed by atoms with Crippen LogP contribution in [-0.4, -0.2) is 47.7 Å². The zero-order valence-corrected chi connectivity index (χ0v) is 16.6. The normalized spacial score (nSPS) is 11.9. The van der Waals surface area contributed by atoms with Crippen molar-refractivity contribution in [2.24, 2.45) is 4.99 Å². The van der Waals surface area contributed by atoms with Crippen LogP contribution in [0.4, 0.5) is 0 Å². The highest BCUT2D eigenvalue weighted by molar-refractivity contribution is 14.0. The van der Waals surface area contributed by atoms with Crippen molar-refractivity contribution in [1.82, 2.24) is 20.7 Å². The van der Waals surface area contributed by atoms with Gasteiger partial charge >= 0.3 is 0 Å². The minimum absolute atomic E-state index is 0.